The lowest BCUT2D eigenvalue weighted by Crippen LogP contribution is -2.43. The maximum atomic E-state index is 12.7. The second-order valence-electron chi connectivity index (χ2n) is 6.04. The third-order valence-corrected chi connectivity index (χ3v) is 6.75. The number of rotatable bonds is 7. The Morgan fingerprint density at radius 2 is 1.67 bits per heavy atom. The van der Waals surface area contributed by atoms with Crippen molar-refractivity contribution in [3.63, 3.8) is 0 Å². The van der Waals surface area contributed by atoms with Crippen LogP contribution in [0.3, 0.4) is 0 Å². The predicted octanol–water partition coefficient (Wildman–Crippen LogP) is 3.94. The summed E-state index contributed by atoms with van der Waals surface area (Å²) in [6.45, 7) is 9.79. The lowest BCUT2D eigenvalue weighted by atomic mass is 10.0. The fraction of sp³-hybridized carbons (Fsp3) is 0.562. The molecule has 0 unspecified atom stereocenters. The average Bonchev–Trinajstić information content (AvgIpc) is 2.47. The van der Waals surface area contributed by atoms with Crippen LogP contribution in [0.5, 0.6) is 0 Å². The SMILES string of the molecule is CCN(CC)S(=O)(=O)c1cc(C(=O)NC(C)(C)CC)c(Cl)cc1Cl. The Morgan fingerprint density at radius 3 is 2.12 bits per heavy atom. The molecule has 0 saturated heterocycles. The molecule has 0 saturated carbocycles. The zero-order chi connectivity index (χ0) is 18.7. The van der Waals surface area contributed by atoms with Crippen LogP contribution in [0.2, 0.25) is 10.0 Å². The lowest BCUT2D eigenvalue weighted by molar-refractivity contribution is 0.0911. The van der Waals surface area contributed by atoms with Crippen molar-refractivity contribution in [3.05, 3.63) is 27.7 Å². The van der Waals surface area contributed by atoms with Gasteiger partial charge in [0, 0.05) is 18.6 Å². The number of carbonyl (C=O) groups is 1. The van der Waals surface area contributed by atoms with E-state index in [2.05, 4.69) is 5.32 Å². The van der Waals surface area contributed by atoms with Crippen LogP contribution in [0.15, 0.2) is 17.0 Å². The summed E-state index contributed by atoms with van der Waals surface area (Å²) in [4.78, 5) is 12.4. The summed E-state index contributed by atoms with van der Waals surface area (Å²) >= 11 is 12.2. The van der Waals surface area contributed by atoms with E-state index >= 15 is 0 Å². The normalized spacial score (nSPS) is 12.5. The van der Waals surface area contributed by atoms with Crippen molar-refractivity contribution in [3.8, 4) is 0 Å². The molecule has 0 aliphatic heterocycles. The molecule has 1 N–H and O–H groups in total. The Bertz CT molecular complexity index is 714. The van der Waals surface area contributed by atoms with Crippen molar-refractivity contribution in [2.75, 3.05) is 13.1 Å². The molecule has 0 spiro atoms. The Hall–Kier alpha value is -0.820. The zero-order valence-corrected chi connectivity index (χ0v) is 16.9. The molecule has 5 nitrogen and oxygen atoms in total. The van der Waals surface area contributed by atoms with Crippen LogP contribution in [-0.4, -0.2) is 37.3 Å². The number of hydrogen-bond donors (Lipinski definition) is 1. The Labute approximate surface area is 154 Å². The molecule has 24 heavy (non-hydrogen) atoms. The highest BCUT2D eigenvalue weighted by Gasteiger charge is 2.28. The van der Waals surface area contributed by atoms with Crippen LogP contribution in [0, 0.1) is 0 Å². The number of amides is 1. The third kappa shape index (κ3) is 4.63. The fourth-order valence-electron chi connectivity index (χ4n) is 2.07. The highest BCUT2D eigenvalue weighted by Crippen LogP contribution is 2.31. The number of benzene rings is 1. The van der Waals surface area contributed by atoms with Gasteiger partial charge >= 0.3 is 0 Å². The first-order valence-electron chi connectivity index (χ1n) is 7.81. The summed E-state index contributed by atoms with van der Waals surface area (Å²) in [5.74, 6) is -0.431. The van der Waals surface area contributed by atoms with Gasteiger partial charge in [-0.15, -0.1) is 0 Å². The van der Waals surface area contributed by atoms with E-state index in [0.717, 1.165) is 0 Å². The summed E-state index contributed by atoms with van der Waals surface area (Å²) in [5, 5.41) is 2.96. The molecule has 0 radical (unpaired) electrons. The zero-order valence-electron chi connectivity index (χ0n) is 14.6. The highest BCUT2D eigenvalue weighted by molar-refractivity contribution is 7.89. The number of carbonyl (C=O) groups excluding carboxylic acids is 1. The van der Waals surface area contributed by atoms with E-state index < -0.39 is 21.5 Å². The van der Waals surface area contributed by atoms with Gasteiger partial charge in [-0.25, -0.2) is 8.42 Å². The molecule has 1 aromatic carbocycles. The average molecular weight is 395 g/mol. The smallest absolute Gasteiger partial charge is 0.253 e. The van der Waals surface area contributed by atoms with Gasteiger partial charge in [-0.2, -0.15) is 4.31 Å². The minimum Gasteiger partial charge on any atom is -0.347 e. The fourth-order valence-corrected chi connectivity index (χ4v) is 4.36. The van der Waals surface area contributed by atoms with Gasteiger partial charge in [0.25, 0.3) is 5.91 Å². The van der Waals surface area contributed by atoms with Crippen LogP contribution in [0.25, 0.3) is 0 Å². The molecule has 0 aliphatic carbocycles. The van der Waals surface area contributed by atoms with Crippen molar-refractivity contribution in [1.82, 2.24) is 9.62 Å². The van der Waals surface area contributed by atoms with Gasteiger partial charge in [0.05, 0.1) is 15.6 Å². The molecule has 0 heterocycles. The summed E-state index contributed by atoms with van der Waals surface area (Å²) in [7, 11) is -3.79. The molecule has 1 aromatic rings. The first kappa shape index (κ1) is 21.2. The molecule has 8 heteroatoms. The standard InChI is InChI=1S/C16H24Cl2N2O3S/c1-6-16(4,5)19-15(21)11-9-14(13(18)10-12(11)17)24(22,23)20(7-2)8-3/h9-10H,6-8H2,1-5H3,(H,19,21). The summed E-state index contributed by atoms with van der Waals surface area (Å²) < 4.78 is 26.7. The van der Waals surface area contributed by atoms with Crippen molar-refractivity contribution in [1.29, 1.82) is 0 Å². The van der Waals surface area contributed by atoms with Gasteiger partial charge in [-0.1, -0.05) is 44.0 Å². The van der Waals surface area contributed by atoms with E-state index in [1.807, 2.05) is 20.8 Å². The van der Waals surface area contributed by atoms with Crippen molar-refractivity contribution >= 4 is 39.1 Å². The predicted molar refractivity (Wildman–Crippen MR) is 98.4 cm³/mol. The number of hydrogen-bond acceptors (Lipinski definition) is 3. The molecule has 0 bridgehead atoms. The molecule has 0 fully saturated rings. The molecule has 0 aliphatic rings. The van der Waals surface area contributed by atoms with E-state index in [9.17, 15) is 13.2 Å². The Balaban J connectivity index is 3.40. The molecular formula is C16H24Cl2N2O3S. The first-order chi connectivity index (χ1) is 11.0. The number of sulfonamides is 1. The van der Waals surface area contributed by atoms with Crippen molar-refractivity contribution in [2.24, 2.45) is 0 Å². The molecule has 0 aromatic heterocycles. The Kier molecular flexibility index (Phi) is 7.11. The molecule has 136 valence electrons. The van der Waals surface area contributed by atoms with E-state index in [-0.39, 0.29) is 20.5 Å². The molecular weight excluding hydrogens is 371 g/mol. The quantitative estimate of drug-likeness (QED) is 0.761. The summed E-state index contributed by atoms with van der Waals surface area (Å²) in [5.41, 5.74) is -0.342. The van der Waals surface area contributed by atoms with Crippen LogP contribution >= 0.6 is 23.2 Å². The van der Waals surface area contributed by atoms with Gasteiger partial charge < -0.3 is 5.32 Å². The molecule has 1 amide bonds. The largest absolute Gasteiger partial charge is 0.347 e. The number of halogens is 2. The topological polar surface area (TPSA) is 66.5 Å². The van der Waals surface area contributed by atoms with E-state index in [1.54, 1.807) is 13.8 Å². The maximum Gasteiger partial charge on any atom is 0.253 e. The van der Waals surface area contributed by atoms with Gasteiger partial charge in [-0.05, 0) is 32.4 Å². The molecule has 0 atom stereocenters. The third-order valence-electron chi connectivity index (χ3n) is 3.93. The van der Waals surface area contributed by atoms with E-state index in [1.165, 1.54) is 16.4 Å². The second-order valence-corrected chi connectivity index (χ2v) is 8.76. The first-order valence-corrected chi connectivity index (χ1v) is 10.0. The number of nitrogens with one attached hydrogen (secondary N) is 1. The Morgan fingerprint density at radius 1 is 1.12 bits per heavy atom. The van der Waals surface area contributed by atoms with Gasteiger partial charge in [0.1, 0.15) is 4.90 Å². The van der Waals surface area contributed by atoms with Gasteiger partial charge in [-0.3, -0.25) is 4.79 Å². The minimum atomic E-state index is -3.79. The second kappa shape index (κ2) is 8.04. The van der Waals surface area contributed by atoms with Gasteiger partial charge in [0.2, 0.25) is 10.0 Å². The summed E-state index contributed by atoms with van der Waals surface area (Å²) in [6, 6.07) is 2.55. The lowest BCUT2D eigenvalue weighted by Gasteiger charge is -2.25. The van der Waals surface area contributed by atoms with Crippen LogP contribution in [-0.2, 0) is 10.0 Å². The van der Waals surface area contributed by atoms with Crippen LogP contribution in [0.1, 0.15) is 51.4 Å². The van der Waals surface area contributed by atoms with Crippen LogP contribution < -0.4 is 5.32 Å². The van der Waals surface area contributed by atoms with Gasteiger partial charge in [0.15, 0.2) is 0 Å². The van der Waals surface area contributed by atoms with Crippen LogP contribution in [0.4, 0.5) is 0 Å². The number of nitrogens with zero attached hydrogens (tertiary/aromatic N) is 1. The summed E-state index contributed by atoms with van der Waals surface area (Å²) in [6.07, 6.45) is 0.717. The van der Waals surface area contributed by atoms with Crippen molar-refractivity contribution < 1.29 is 13.2 Å². The maximum absolute atomic E-state index is 12.7. The van der Waals surface area contributed by atoms with E-state index in [0.29, 0.717) is 19.5 Å². The highest BCUT2D eigenvalue weighted by atomic mass is 35.5. The minimum absolute atomic E-state index is 0.00167. The monoisotopic (exact) mass is 394 g/mol. The molecule has 1 rings (SSSR count). The van der Waals surface area contributed by atoms with Crippen molar-refractivity contribution in [2.45, 2.75) is 51.5 Å². The van der Waals surface area contributed by atoms with E-state index in [4.69, 9.17) is 23.2 Å².